The van der Waals surface area contributed by atoms with E-state index in [9.17, 15) is 9.59 Å². The highest BCUT2D eigenvalue weighted by Gasteiger charge is 2.33. The Labute approximate surface area is 116 Å². The summed E-state index contributed by atoms with van der Waals surface area (Å²) in [6, 6.07) is 5.28. The fourth-order valence-corrected chi connectivity index (χ4v) is 2.00. The molecule has 0 saturated heterocycles. The summed E-state index contributed by atoms with van der Waals surface area (Å²) in [6.07, 6.45) is -1.24. The Morgan fingerprint density at radius 1 is 1.40 bits per heavy atom. The van der Waals surface area contributed by atoms with Crippen molar-refractivity contribution in [2.24, 2.45) is 5.73 Å². The number of para-hydroxylation sites is 1. The molecule has 0 atom stereocenters. The number of amides is 2. The second-order valence-corrected chi connectivity index (χ2v) is 5.06. The average Bonchev–Trinajstić information content (AvgIpc) is 2.63. The molecule has 2 N–H and O–H groups in total. The molecule has 1 aliphatic heterocycles. The standard InChI is InChI=1S/C13H16N2O5/c1-13(2)7-8-5-4-6-9(10(8)19-13)18-12(17)15(3)20-11(14)16/h4-6H,7H2,1-3H3,(H2,14,16). The number of carbonyl (C=O) groups is 2. The SMILES string of the molecule is CN(OC(N)=O)C(=O)Oc1cccc2c1OC(C)(C)C2. The van der Waals surface area contributed by atoms with Crippen molar-refractivity contribution in [3.8, 4) is 11.5 Å². The van der Waals surface area contributed by atoms with Gasteiger partial charge < -0.3 is 20.0 Å². The fourth-order valence-electron chi connectivity index (χ4n) is 2.00. The molecule has 0 spiro atoms. The van der Waals surface area contributed by atoms with Crippen LogP contribution in [0.25, 0.3) is 0 Å². The van der Waals surface area contributed by atoms with Gasteiger partial charge in [-0.05, 0) is 19.9 Å². The van der Waals surface area contributed by atoms with Crippen molar-refractivity contribution in [1.29, 1.82) is 0 Å². The first-order valence-electron chi connectivity index (χ1n) is 6.02. The minimum Gasteiger partial charge on any atom is -0.483 e. The van der Waals surface area contributed by atoms with E-state index in [1.165, 1.54) is 7.05 Å². The smallest absolute Gasteiger partial charge is 0.448 e. The van der Waals surface area contributed by atoms with Crippen LogP contribution in [0.5, 0.6) is 11.5 Å². The summed E-state index contributed by atoms with van der Waals surface area (Å²) in [6.45, 7) is 3.89. The van der Waals surface area contributed by atoms with Crippen molar-refractivity contribution >= 4 is 12.2 Å². The van der Waals surface area contributed by atoms with Crippen LogP contribution in [0.2, 0.25) is 0 Å². The Bertz CT molecular complexity index is 556. The predicted octanol–water partition coefficient (Wildman–Crippen LogP) is 1.84. The van der Waals surface area contributed by atoms with Gasteiger partial charge >= 0.3 is 12.2 Å². The molecular weight excluding hydrogens is 264 g/mol. The number of ether oxygens (including phenoxy) is 2. The summed E-state index contributed by atoms with van der Waals surface area (Å²) >= 11 is 0. The second-order valence-electron chi connectivity index (χ2n) is 5.06. The van der Waals surface area contributed by atoms with E-state index in [0.717, 1.165) is 12.0 Å². The van der Waals surface area contributed by atoms with Crippen molar-refractivity contribution in [2.75, 3.05) is 7.05 Å². The number of fused-ring (bicyclic) bond motifs is 1. The maximum Gasteiger partial charge on any atom is 0.448 e. The van der Waals surface area contributed by atoms with Crippen LogP contribution in [0.1, 0.15) is 19.4 Å². The van der Waals surface area contributed by atoms with Gasteiger partial charge in [-0.15, -0.1) is 5.06 Å². The Morgan fingerprint density at radius 2 is 2.10 bits per heavy atom. The van der Waals surface area contributed by atoms with E-state index in [4.69, 9.17) is 15.2 Å². The zero-order valence-corrected chi connectivity index (χ0v) is 11.5. The maximum atomic E-state index is 11.7. The highest BCUT2D eigenvalue weighted by atomic mass is 16.8. The molecule has 20 heavy (non-hydrogen) atoms. The lowest BCUT2D eigenvalue weighted by Crippen LogP contribution is -2.34. The van der Waals surface area contributed by atoms with Gasteiger partial charge in [0.05, 0.1) is 7.05 Å². The van der Waals surface area contributed by atoms with Crippen molar-refractivity contribution in [2.45, 2.75) is 25.9 Å². The molecule has 0 fully saturated rings. The van der Waals surface area contributed by atoms with Gasteiger partial charge in [-0.25, -0.2) is 9.59 Å². The number of nitrogens with zero attached hydrogens (tertiary/aromatic N) is 1. The van der Waals surface area contributed by atoms with Crippen LogP contribution in [0.3, 0.4) is 0 Å². The van der Waals surface area contributed by atoms with Crippen molar-refractivity contribution in [1.82, 2.24) is 5.06 Å². The van der Waals surface area contributed by atoms with Crippen molar-refractivity contribution in [3.63, 3.8) is 0 Å². The van der Waals surface area contributed by atoms with E-state index >= 15 is 0 Å². The van der Waals surface area contributed by atoms with Gasteiger partial charge in [0, 0.05) is 12.0 Å². The van der Waals surface area contributed by atoms with E-state index in [1.54, 1.807) is 12.1 Å². The number of hydroxylamine groups is 2. The molecule has 0 aliphatic carbocycles. The topological polar surface area (TPSA) is 91.1 Å². The third-order valence-corrected chi connectivity index (χ3v) is 2.74. The molecule has 1 aromatic rings. The van der Waals surface area contributed by atoms with Crippen LogP contribution in [-0.2, 0) is 11.3 Å². The average molecular weight is 280 g/mol. The molecule has 0 aromatic heterocycles. The Balaban J connectivity index is 2.14. The van der Waals surface area contributed by atoms with Gasteiger partial charge in [0.15, 0.2) is 11.5 Å². The van der Waals surface area contributed by atoms with Crippen LogP contribution >= 0.6 is 0 Å². The van der Waals surface area contributed by atoms with E-state index in [0.29, 0.717) is 10.8 Å². The zero-order valence-electron chi connectivity index (χ0n) is 11.5. The number of benzene rings is 1. The maximum absolute atomic E-state index is 11.7. The summed E-state index contributed by atoms with van der Waals surface area (Å²) in [7, 11) is 1.22. The van der Waals surface area contributed by atoms with E-state index in [-0.39, 0.29) is 11.4 Å². The first kappa shape index (κ1) is 14.0. The third-order valence-electron chi connectivity index (χ3n) is 2.74. The summed E-state index contributed by atoms with van der Waals surface area (Å²) in [5, 5.41) is 0.613. The first-order chi connectivity index (χ1) is 9.28. The largest absolute Gasteiger partial charge is 0.483 e. The van der Waals surface area contributed by atoms with E-state index < -0.39 is 12.2 Å². The number of hydrogen-bond donors (Lipinski definition) is 1. The van der Waals surface area contributed by atoms with E-state index in [1.807, 2.05) is 19.9 Å². The molecule has 7 nitrogen and oxygen atoms in total. The van der Waals surface area contributed by atoms with Crippen LogP contribution in [0.15, 0.2) is 18.2 Å². The molecular formula is C13H16N2O5. The van der Waals surface area contributed by atoms with Gasteiger partial charge in [-0.2, -0.15) is 0 Å². The lowest BCUT2D eigenvalue weighted by Gasteiger charge is -2.19. The van der Waals surface area contributed by atoms with Crippen molar-refractivity contribution < 1.29 is 23.9 Å². The second kappa shape index (κ2) is 4.92. The lowest BCUT2D eigenvalue weighted by molar-refractivity contribution is -0.0487. The van der Waals surface area contributed by atoms with Crippen LogP contribution in [-0.4, -0.2) is 29.9 Å². The first-order valence-corrected chi connectivity index (χ1v) is 6.02. The number of rotatable bonds is 1. The number of hydrogen-bond acceptors (Lipinski definition) is 5. The van der Waals surface area contributed by atoms with Gasteiger partial charge in [0.1, 0.15) is 5.60 Å². The normalized spacial score (nSPS) is 14.9. The Morgan fingerprint density at radius 3 is 2.75 bits per heavy atom. The summed E-state index contributed by atoms with van der Waals surface area (Å²) in [5.41, 5.74) is 5.43. The lowest BCUT2D eigenvalue weighted by atomic mass is 10.0. The van der Waals surface area contributed by atoms with Gasteiger partial charge in [-0.3, -0.25) is 0 Å². The molecule has 1 aromatic carbocycles. The van der Waals surface area contributed by atoms with Gasteiger partial charge in [0.2, 0.25) is 0 Å². The quantitative estimate of drug-likeness (QED) is 0.792. The molecule has 0 unspecified atom stereocenters. The third kappa shape index (κ3) is 2.93. The molecule has 108 valence electrons. The van der Waals surface area contributed by atoms with Crippen LogP contribution < -0.4 is 15.2 Å². The van der Waals surface area contributed by atoms with Crippen molar-refractivity contribution in [3.05, 3.63) is 23.8 Å². The summed E-state index contributed by atoms with van der Waals surface area (Å²) in [4.78, 5) is 26.7. The van der Waals surface area contributed by atoms with Crippen LogP contribution in [0, 0.1) is 0 Å². The van der Waals surface area contributed by atoms with Gasteiger partial charge in [-0.1, -0.05) is 12.1 Å². The fraction of sp³-hybridized carbons (Fsp3) is 0.385. The minimum atomic E-state index is -1.10. The Hall–Kier alpha value is -2.44. The predicted molar refractivity (Wildman–Crippen MR) is 69.3 cm³/mol. The summed E-state index contributed by atoms with van der Waals surface area (Å²) in [5.74, 6) is 0.802. The zero-order chi connectivity index (χ0) is 14.9. The number of carbonyl (C=O) groups excluding carboxylic acids is 2. The molecule has 2 amide bonds. The van der Waals surface area contributed by atoms with Crippen LogP contribution in [0.4, 0.5) is 9.59 Å². The molecule has 7 heteroatoms. The molecule has 0 saturated carbocycles. The highest BCUT2D eigenvalue weighted by Crippen LogP contribution is 2.41. The number of nitrogens with two attached hydrogens (primary N) is 1. The molecule has 1 aliphatic rings. The minimum absolute atomic E-state index is 0.276. The number of primary amides is 1. The summed E-state index contributed by atoms with van der Waals surface area (Å²) < 4.78 is 10.9. The van der Waals surface area contributed by atoms with E-state index in [2.05, 4.69) is 4.84 Å². The Kier molecular flexibility index (Phi) is 3.44. The molecule has 0 bridgehead atoms. The van der Waals surface area contributed by atoms with Gasteiger partial charge in [0.25, 0.3) is 0 Å². The monoisotopic (exact) mass is 280 g/mol. The molecule has 1 heterocycles. The molecule has 0 radical (unpaired) electrons. The molecule has 2 rings (SSSR count). The highest BCUT2D eigenvalue weighted by molar-refractivity contribution is 5.73.